The van der Waals surface area contributed by atoms with E-state index in [2.05, 4.69) is 10.3 Å². The number of nitrogens with zero attached hydrogens (tertiary/aromatic N) is 2. The Hall–Kier alpha value is -1.70. The third-order valence-electron chi connectivity index (χ3n) is 3.09. The second-order valence-corrected chi connectivity index (χ2v) is 6.95. The van der Waals surface area contributed by atoms with E-state index < -0.39 is 10.0 Å². The third-order valence-corrected chi connectivity index (χ3v) is 4.78. The maximum atomic E-state index is 11.9. The average Bonchev–Trinajstić information content (AvgIpc) is 2.95. The predicted molar refractivity (Wildman–Crippen MR) is 79.1 cm³/mol. The van der Waals surface area contributed by atoms with Crippen LogP contribution in [-0.4, -0.2) is 31.8 Å². The number of hydrogen-bond donors (Lipinski definition) is 1. The van der Waals surface area contributed by atoms with Gasteiger partial charge in [0.1, 0.15) is 5.76 Å². The lowest BCUT2D eigenvalue weighted by Gasteiger charge is -2.12. The normalized spacial score (nSPS) is 13.5. The number of pyridine rings is 1. The fraction of sp³-hybridized carbons (Fsp3) is 0.357. The first kappa shape index (κ1) is 15.7. The fourth-order valence-electron chi connectivity index (χ4n) is 1.76. The topological polar surface area (TPSA) is 75.4 Å². The average molecular weight is 309 g/mol. The lowest BCUT2D eigenvalue weighted by atomic mass is 10.2. The van der Waals surface area contributed by atoms with Crippen molar-refractivity contribution in [2.75, 3.05) is 14.1 Å². The molecule has 0 bridgehead atoms. The molecule has 114 valence electrons. The molecule has 0 spiro atoms. The van der Waals surface area contributed by atoms with Gasteiger partial charge in [-0.25, -0.2) is 12.7 Å². The van der Waals surface area contributed by atoms with Gasteiger partial charge in [0, 0.05) is 26.3 Å². The smallest absolute Gasteiger partial charge is 0.275 e. The van der Waals surface area contributed by atoms with Crippen LogP contribution in [0.3, 0.4) is 0 Å². The number of furan rings is 1. The molecule has 2 aromatic heterocycles. The minimum Gasteiger partial charge on any atom is -0.447 e. The van der Waals surface area contributed by atoms with Crippen molar-refractivity contribution in [3.05, 3.63) is 48.0 Å². The number of sulfonamides is 1. The first-order valence-corrected chi connectivity index (χ1v) is 8.01. The molecule has 0 fully saturated rings. The molecule has 0 radical (unpaired) electrons. The molecule has 0 saturated heterocycles. The maximum Gasteiger partial charge on any atom is 0.275 e. The summed E-state index contributed by atoms with van der Waals surface area (Å²) in [6.45, 7) is 2.42. The fourth-order valence-corrected chi connectivity index (χ4v) is 2.57. The molecule has 0 aliphatic rings. The van der Waals surface area contributed by atoms with Gasteiger partial charge in [-0.1, -0.05) is 6.07 Å². The van der Waals surface area contributed by atoms with Crippen molar-refractivity contribution >= 4 is 10.0 Å². The van der Waals surface area contributed by atoms with E-state index in [1.54, 1.807) is 12.3 Å². The summed E-state index contributed by atoms with van der Waals surface area (Å²) in [6, 6.07) is 8.90. The summed E-state index contributed by atoms with van der Waals surface area (Å²) < 4.78 is 30.3. The van der Waals surface area contributed by atoms with Crippen LogP contribution >= 0.6 is 0 Å². The highest BCUT2D eigenvalue weighted by atomic mass is 32.2. The molecule has 0 aromatic carbocycles. The van der Waals surface area contributed by atoms with Crippen molar-refractivity contribution in [1.29, 1.82) is 0 Å². The Balaban J connectivity index is 2.01. The standard InChI is InChI=1S/C14H19N3O3S/c1-11(13-6-4-5-9-15-13)16-10-12-7-8-14(20-12)21(18,19)17(2)3/h4-9,11,16H,10H2,1-3H3. The van der Waals surface area contributed by atoms with Crippen LogP contribution in [0, 0.1) is 0 Å². The number of aromatic nitrogens is 1. The van der Waals surface area contributed by atoms with Gasteiger partial charge in [-0.2, -0.15) is 0 Å². The van der Waals surface area contributed by atoms with Crippen molar-refractivity contribution in [1.82, 2.24) is 14.6 Å². The minimum absolute atomic E-state index is 0.0465. The zero-order valence-electron chi connectivity index (χ0n) is 12.3. The molecule has 0 aliphatic heterocycles. The van der Waals surface area contributed by atoms with Crippen molar-refractivity contribution in [2.45, 2.75) is 24.6 Å². The Bertz CT molecular complexity index is 680. The monoisotopic (exact) mass is 309 g/mol. The van der Waals surface area contributed by atoms with Gasteiger partial charge in [0.15, 0.2) is 0 Å². The SMILES string of the molecule is CC(NCc1ccc(S(=O)(=O)N(C)C)o1)c1ccccn1. The van der Waals surface area contributed by atoms with Crippen molar-refractivity contribution in [3.63, 3.8) is 0 Å². The maximum absolute atomic E-state index is 11.9. The Kier molecular flexibility index (Phi) is 4.76. The highest BCUT2D eigenvalue weighted by Gasteiger charge is 2.21. The number of nitrogens with one attached hydrogen (secondary N) is 1. The van der Waals surface area contributed by atoms with Crippen LogP contribution in [0.1, 0.15) is 24.4 Å². The molecule has 0 aliphatic carbocycles. The minimum atomic E-state index is -3.52. The van der Waals surface area contributed by atoms with Crippen molar-refractivity contribution in [2.24, 2.45) is 0 Å². The van der Waals surface area contributed by atoms with Gasteiger partial charge in [-0.15, -0.1) is 0 Å². The Labute approximate surface area is 124 Å². The van der Waals surface area contributed by atoms with E-state index in [1.807, 2.05) is 25.1 Å². The second kappa shape index (κ2) is 6.38. The van der Waals surface area contributed by atoms with Gasteiger partial charge in [0.2, 0.25) is 5.09 Å². The van der Waals surface area contributed by atoms with E-state index in [9.17, 15) is 8.42 Å². The highest BCUT2D eigenvalue weighted by Crippen LogP contribution is 2.17. The van der Waals surface area contributed by atoms with E-state index in [0.29, 0.717) is 12.3 Å². The zero-order valence-corrected chi connectivity index (χ0v) is 13.1. The van der Waals surface area contributed by atoms with Crippen molar-refractivity contribution < 1.29 is 12.8 Å². The van der Waals surface area contributed by atoms with Crippen LogP contribution in [0.5, 0.6) is 0 Å². The van der Waals surface area contributed by atoms with Crippen molar-refractivity contribution in [3.8, 4) is 0 Å². The lowest BCUT2D eigenvalue weighted by molar-refractivity contribution is 0.381. The van der Waals surface area contributed by atoms with E-state index in [1.165, 1.54) is 20.2 Å². The molecule has 2 aromatic rings. The molecule has 1 atom stereocenters. The van der Waals surface area contributed by atoms with Gasteiger partial charge in [-0.05, 0) is 31.2 Å². The molecule has 2 heterocycles. The third kappa shape index (κ3) is 3.69. The van der Waals surface area contributed by atoms with Gasteiger partial charge in [0.05, 0.1) is 12.2 Å². The van der Waals surface area contributed by atoms with Crippen LogP contribution in [0.15, 0.2) is 46.0 Å². The summed E-state index contributed by atoms with van der Waals surface area (Å²) in [4.78, 5) is 4.26. The molecule has 7 heteroatoms. The molecular weight excluding hydrogens is 290 g/mol. The Morgan fingerprint density at radius 2 is 2.05 bits per heavy atom. The van der Waals surface area contributed by atoms with Gasteiger partial charge < -0.3 is 9.73 Å². The van der Waals surface area contributed by atoms with Gasteiger partial charge in [0.25, 0.3) is 10.0 Å². The van der Waals surface area contributed by atoms with Gasteiger partial charge >= 0.3 is 0 Å². The molecule has 1 unspecified atom stereocenters. The Morgan fingerprint density at radius 1 is 1.29 bits per heavy atom. The van der Waals surface area contributed by atoms with Crippen LogP contribution in [0.4, 0.5) is 0 Å². The highest BCUT2D eigenvalue weighted by molar-refractivity contribution is 7.88. The molecular formula is C14H19N3O3S. The van der Waals surface area contributed by atoms with E-state index in [0.717, 1.165) is 10.00 Å². The largest absolute Gasteiger partial charge is 0.447 e. The predicted octanol–water partition coefficient (Wildman–Crippen LogP) is 1.78. The molecule has 21 heavy (non-hydrogen) atoms. The zero-order chi connectivity index (χ0) is 15.5. The number of rotatable bonds is 6. The summed E-state index contributed by atoms with van der Waals surface area (Å²) in [5, 5.41) is 3.20. The van der Waals surface area contributed by atoms with E-state index in [4.69, 9.17) is 4.42 Å². The van der Waals surface area contributed by atoms with Crippen LogP contribution in [-0.2, 0) is 16.6 Å². The quantitative estimate of drug-likeness (QED) is 0.880. The van der Waals surface area contributed by atoms with E-state index in [-0.39, 0.29) is 11.1 Å². The molecule has 6 nitrogen and oxygen atoms in total. The summed E-state index contributed by atoms with van der Waals surface area (Å²) in [5.74, 6) is 0.568. The summed E-state index contributed by atoms with van der Waals surface area (Å²) >= 11 is 0. The lowest BCUT2D eigenvalue weighted by Crippen LogP contribution is -2.21. The summed E-state index contributed by atoms with van der Waals surface area (Å²) in [7, 11) is -0.578. The second-order valence-electron chi connectivity index (χ2n) is 4.87. The summed E-state index contributed by atoms with van der Waals surface area (Å²) in [6.07, 6.45) is 1.74. The van der Waals surface area contributed by atoms with Crippen LogP contribution in [0.2, 0.25) is 0 Å². The first-order valence-electron chi connectivity index (χ1n) is 6.57. The van der Waals surface area contributed by atoms with E-state index >= 15 is 0 Å². The number of hydrogen-bond acceptors (Lipinski definition) is 5. The molecule has 1 N–H and O–H groups in total. The first-order chi connectivity index (χ1) is 9.91. The molecule has 2 rings (SSSR count). The van der Waals surface area contributed by atoms with Crippen LogP contribution in [0.25, 0.3) is 0 Å². The Morgan fingerprint density at radius 3 is 2.67 bits per heavy atom. The van der Waals surface area contributed by atoms with Gasteiger partial charge in [-0.3, -0.25) is 4.98 Å². The molecule has 0 saturated carbocycles. The summed E-state index contributed by atoms with van der Waals surface area (Å²) in [5.41, 5.74) is 0.921. The molecule has 0 amide bonds. The van der Waals surface area contributed by atoms with Crippen LogP contribution < -0.4 is 5.32 Å².